The van der Waals surface area contributed by atoms with Crippen molar-refractivity contribution in [3.63, 3.8) is 0 Å². The zero-order valence-corrected chi connectivity index (χ0v) is 13.7. The van der Waals surface area contributed by atoms with Crippen molar-refractivity contribution in [2.45, 2.75) is 12.6 Å². The number of tetrazole rings is 1. The predicted octanol–water partition coefficient (Wildman–Crippen LogP) is 1.94. The first-order chi connectivity index (χ1) is 11.2. The van der Waals surface area contributed by atoms with Gasteiger partial charge in [0.25, 0.3) is 0 Å². The van der Waals surface area contributed by atoms with Crippen LogP contribution in [-0.2, 0) is 6.54 Å². The van der Waals surface area contributed by atoms with Gasteiger partial charge < -0.3 is 9.84 Å². The highest BCUT2D eigenvalue weighted by Gasteiger charge is 2.11. The minimum Gasteiger partial charge on any atom is -0.491 e. The lowest BCUT2D eigenvalue weighted by molar-refractivity contribution is 0.0849. The summed E-state index contributed by atoms with van der Waals surface area (Å²) >= 11 is 3.37. The predicted molar refractivity (Wildman–Crippen MR) is 86.7 cm³/mol. The molecule has 118 valence electrons. The Kier molecular flexibility index (Phi) is 4.94. The number of aromatic nitrogens is 5. The lowest BCUT2D eigenvalue weighted by atomic mass is 10.3. The number of aliphatic hydroxyl groups is 1. The van der Waals surface area contributed by atoms with Gasteiger partial charge in [-0.3, -0.25) is 4.98 Å². The van der Waals surface area contributed by atoms with Gasteiger partial charge in [-0.15, -0.1) is 10.2 Å². The van der Waals surface area contributed by atoms with E-state index < -0.39 is 6.10 Å². The minimum absolute atomic E-state index is 0.139. The van der Waals surface area contributed by atoms with E-state index >= 15 is 0 Å². The lowest BCUT2D eigenvalue weighted by Gasteiger charge is -2.11. The summed E-state index contributed by atoms with van der Waals surface area (Å²) < 4.78 is 6.45. The summed E-state index contributed by atoms with van der Waals surface area (Å²) in [5.74, 6) is 1.15. The molecular weight excluding hydrogens is 362 g/mol. The molecule has 0 saturated carbocycles. The Labute approximate surface area is 141 Å². The van der Waals surface area contributed by atoms with Gasteiger partial charge >= 0.3 is 0 Å². The van der Waals surface area contributed by atoms with Crippen molar-refractivity contribution in [3.8, 4) is 17.1 Å². The number of pyridine rings is 1. The first-order valence-electron chi connectivity index (χ1n) is 6.95. The molecule has 2 heterocycles. The molecule has 7 nitrogen and oxygen atoms in total. The van der Waals surface area contributed by atoms with Crippen LogP contribution in [0.5, 0.6) is 5.75 Å². The number of benzene rings is 1. The number of aliphatic hydroxyl groups excluding tert-OH is 1. The summed E-state index contributed by atoms with van der Waals surface area (Å²) in [4.78, 5) is 5.36. The molecule has 0 amide bonds. The highest BCUT2D eigenvalue weighted by atomic mass is 79.9. The van der Waals surface area contributed by atoms with Crippen LogP contribution in [0.15, 0.2) is 53.3 Å². The van der Waals surface area contributed by atoms with Crippen LogP contribution < -0.4 is 4.74 Å². The van der Waals surface area contributed by atoms with Crippen LogP contribution in [0, 0.1) is 0 Å². The molecule has 0 aliphatic heterocycles. The van der Waals surface area contributed by atoms with E-state index in [-0.39, 0.29) is 13.2 Å². The van der Waals surface area contributed by atoms with E-state index in [1.165, 1.54) is 4.80 Å². The van der Waals surface area contributed by atoms with Crippen LogP contribution in [0.3, 0.4) is 0 Å². The number of hydrogen-bond donors (Lipinski definition) is 1. The lowest BCUT2D eigenvalue weighted by Crippen LogP contribution is -2.25. The van der Waals surface area contributed by atoms with Gasteiger partial charge in [0.2, 0.25) is 5.82 Å². The molecule has 0 spiro atoms. The first kappa shape index (κ1) is 15.6. The summed E-state index contributed by atoms with van der Waals surface area (Å²) in [6.45, 7) is 0.335. The van der Waals surface area contributed by atoms with E-state index in [1.807, 2.05) is 30.3 Å². The van der Waals surface area contributed by atoms with Gasteiger partial charge in [0.05, 0.1) is 6.54 Å². The van der Waals surface area contributed by atoms with E-state index in [1.54, 1.807) is 18.5 Å². The fourth-order valence-electron chi connectivity index (χ4n) is 1.92. The second kappa shape index (κ2) is 7.30. The number of nitrogens with zero attached hydrogens (tertiary/aromatic N) is 5. The normalized spacial score (nSPS) is 12.1. The van der Waals surface area contributed by atoms with Crippen molar-refractivity contribution in [1.82, 2.24) is 25.2 Å². The van der Waals surface area contributed by atoms with Crippen LogP contribution in [0.2, 0.25) is 0 Å². The summed E-state index contributed by atoms with van der Waals surface area (Å²) in [5, 5.41) is 22.1. The van der Waals surface area contributed by atoms with Crippen molar-refractivity contribution in [3.05, 3.63) is 53.3 Å². The van der Waals surface area contributed by atoms with Crippen molar-refractivity contribution in [1.29, 1.82) is 0 Å². The third kappa shape index (κ3) is 4.33. The van der Waals surface area contributed by atoms with Gasteiger partial charge in [-0.05, 0) is 35.5 Å². The van der Waals surface area contributed by atoms with Crippen molar-refractivity contribution in [2.24, 2.45) is 0 Å². The first-order valence-corrected chi connectivity index (χ1v) is 7.74. The van der Waals surface area contributed by atoms with Crippen LogP contribution in [0.25, 0.3) is 11.4 Å². The molecule has 0 bridgehead atoms. The Morgan fingerprint density at radius 1 is 1.26 bits per heavy atom. The Bertz CT molecular complexity index is 765. The molecule has 1 aromatic carbocycles. The molecule has 0 saturated heterocycles. The Balaban J connectivity index is 1.56. The van der Waals surface area contributed by atoms with Gasteiger partial charge in [0.15, 0.2) is 0 Å². The second-order valence-corrected chi connectivity index (χ2v) is 5.75. The van der Waals surface area contributed by atoms with Gasteiger partial charge in [0.1, 0.15) is 18.5 Å². The zero-order chi connectivity index (χ0) is 16.1. The average Bonchev–Trinajstić information content (AvgIpc) is 3.02. The molecule has 0 aliphatic rings. The monoisotopic (exact) mass is 375 g/mol. The minimum atomic E-state index is -0.745. The summed E-state index contributed by atoms with van der Waals surface area (Å²) in [5.41, 5.74) is 0.777. The molecule has 0 fully saturated rings. The highest BCUT2D eigenvalue weighted by molar-refractivity contribution is 9.10. The van der Waals surface area contributed by atoms with Crippen LogP contribution in [0.1, 0.15) is 0 Å². The summed E-state index contributed by atoms with van der Waals surface area (Å²) in [6, 6.07) is 11.1. The molecule has 0 aliphatic carbocycles. The van der Waals surface area contributed by atoms with Crippen LogP contribution in [-0.4, -0.2) is 43.0 Å². The topological polar surface area (TPSA) is 86.0 Å². The van der Waals surface area contributed by atoms with Crippen LogP contribution in [0.4, 0.5) is 0 Å². The van der Waals surface area contributed by atoms with Gasteiger partial charge in [0, 0.05) is 22.4 Å². The Morgan fingerprint density at radius 2 is 2.17 bits per heavy atom. The third-order valence-corrected chi connectivity index (χ3v) is 3.48. The number of halogens is 1. The summed E-state index contributed by atoms with van der Waals surface area (Å²) in [7, 11) is 0. The van der Waals surface area contributed by atoms with Crippen LogP contribution >= 0.6 is 15.9 Å². The highest BCUT2D eigenvalue weighted by Crippen LogP contribution is 2.18. The van der Waals surface area contributed by atoms with E-state index in [9.17, 15) is 5.11 Å². The maximum Gasteiger partial charge on any atom is 0.206 e. The van der Waals surface area contributed by atoms with Crippen molar-refractivity contribution < 1.29 is 9.84 Å². The maximum absolute atomic E-state index is 10.0. The van der Waals surface area contributed by atoms with E-state index in [0.717, 1.165) is 10.0 Å². The van der Waals surface area contributed by atoms with Crippen molar-refractivity contribution in [2.75, 3.05) is 6.61 Å². The van der Waals surface area contributed by atoms with Gasteiger partial charge in [-0.25, -0.2) is 0 Å². The quantitative estimate of drug-likeness (QED) is 0.708. The molecule has 8 heteroatoms. The Hall–Kier alpha value is -2.32. The maximum atomic E-state index is 10.0. The fraction of sp³-hybridized carbons (Fsp3) is 0.200. The fourth-order valence-corrected chi connectivity index (χ4v) is 2.30. The van der Waals surface area contributed by atoms with E-state index in [0.29, 0.717) is 11.6 Å². The van der Waals surface area contributed by atoms with E-state index in [4.69, 9.17) is 4.74 Å². The number of ether oxygens (including phenoxy) is 1. The molecule has 3 rings (SSSR count). The number of hydrogen-bond acceptors (Lipinski definition) is 6. The molecule has 1 N–H and O–H groups in total. The van der Waals surface area contributed by atoms with Crippen molar-refractivity contribution >= 4 is 15.9 Å². The number of rotatable bonds is 6. The Morgan fingerprint density at radius 3 is 2.96 bits per heavy atom. The van der Waals surface area contributed by atoms with Gasteiger partial charge in [-0.2, -0.15) is 4.80 Å². The largest absolute Gasteiger partial charge is 0.491 e. The smallest absolute Gasteiger partial charge is 0.206 e. The molecule has 23 heavy (non-hydrogen) atoms. The second-order valence-electron chi connectivity index (χ2n) is 4.83. The van der Waals surface area contributed by atoms with Gasteiger partial charge in [-0.1, -0.05) is 22.0 Å². The standard InChI is InChI=1S/C15H14BrN5O2/c16-12-4-1-5-14(7-12)23-10-13(22)9-21-19-15(18-20-21)11-3-2-6-17-8-11/h1-8,13,22H,9-10H2. The molecule has 0 radical (unpaired) electrons. The molecule has 2 aromatic heterocycles. The SMILES string of the molecule is OC(COc1cccc(Br)c1)Cn1nnc(-c2cccnc2)n1. The zero-order valence-electron chi connectivity index (χ0n) is 12.1. The molecule has 1 unspecified atom stereocenters. The average molecular weight is 376 g/mol. The van der Waals surface area contributed by atoms with E-state index in [2.05, 4.69) is 36.3 Å². The molecule has 1 atom stereocenters. The molecule has 3 aromatic rings. The third-order valence-electron chi connectivity index (χ3n) is 2.99. The summed E-state index contributed by atoms with van der Waals surface area (Å²) in [6.07, 6.45) is 2.59. The molecular formula is C15H14BrN5O2.